The van der Waals surface area contributed by atoms with Gasteiger partial charge in [-0.3, -0.25) is 4.79 Å². The van der Waals surface area contributed by atoms with Gasteiger partial charge in [0.2, 0.25) is 0 Å². The van der Waals surface area contributed by atoms with Crippen LogP contribution in [0.1, 0.15) is 71.6 Å². The summed E-state index contributed by atoms with van der Waals surface area (Å²) >= 11 is 0. The van der Waals surface area contributed by atoms with E-state index in [1.165, 1.54) is 44.9 Å². The molecular formula is C14H29NO2. The molecule has 1 unspecified atom stereocenters. The highest BCUT2D eigenvalue weighted by molar-refractivity contribution is 5.67. The smallest absolute Gasteiger partial charge is 0.304 e. The molecule has 0 saturated heterocycles. The lowest BCUT2D eigenvalue weighted by Gasteiger charge is -2.10. The Hall–Kier alpha value is -0.570. The molecule has 3 heteroatoms. The first-order valence-electron chi connectivity index (χ1n) is 7.12. The van der Waals surface area contributed by atoms with E-state index in [-0.39, 0.29) is 12.5 Å². The Morgan fingerprint density at radius 3 is 2.12 bits per heavy atom. The molecule has 0 aromatic carbocycles. The minimum Gasteiger partial charge on any atom is -0.481 e. The molecule has 0 aliphatic carbocycles. The van der Waals surface area contributed by atoms with Crippen LogP contribution in [-0.4, -0.2) is 23.7 Å². The van der Waals surface area contributed by atoms with Crippen LogP contribution in [-0.2, 0) is 4.79 Å². The number of hydrogen-bond acceptors (Lipinski definition) is 2. The summed E-state index contributed by atoms with van der Waals surface area (Å²) in [7, 11) is 0. The summed E-state index contributed by atoms with van der Waals surface area (Å²) in [6.45, 7) is 5.12. The lowest BCUT2D eigenvalue weighted by Crippen LogP contribution is -2.29. The van der Waals surface area contributed by atoms with E-state index in [0.717, 1.165) is 13.0 Å². The van der Waals surface area contributed by atoms with Gasteiger partial charge in [-0.2, -0.15) is 0 Å². The second-order valence-corrected chi connectivity index (χ2v) is 4.93. The maximum atomic E-state index is 10.4. The highest BCUT2D eigenvalue weighted by atomic mass is 16.4. The fraction of sp³-hybridized carbons (Fsp3) is 0.929. The van der Waals surface area contributed by atoms with Crippen molar-refractivity contribution < 1.29 is 9.90 Å². The van der Waals surface area contributed by atoms with E-state index < -0.39 is 5.97 Å². The van der Waals surface area contributed by atoms with E-state index in [2.05, 4.69) is 12.2 Å². The van der Waals surface area contributed by atoms with Crippen LogP contribution in [0.3, 0.4) is 0 Å². The molecule has 0 aromatic heterocycles. The Morgan fingerprint density at radius 1 is 1.06 bits per heavy atom. The molecule has 0 bridgehead atoms. The third kappa shape index (κ3) is 13.4. The number of rotatable bonds is 12. The van der Waals surface area contributed by atoms with Gasteiger partial charge in [-0.05, 0) is 19.9 Å². The quantitative estimate of drug-likeness (QED) is 0.515. The van der Waals surface area contributed by atoms with Crippen LogP contribution in [0.15, 0.2) is 0 Å². The maximum absolute atomic E-state index is 10.4. The molecule has 0 heterocycles. The van der Waals surface area contributed by atoms with Gasteiger partial charge in [-0.25, -0.2) is 0 Å². The van der Waals surface area contributed by atoms with Gasteiger partial charge in [0.25, 0.3) is 0 Å². The summed E-state index contributed by atoms with van der Waals surface area (Å²) in [4.78, 5) is 10.4. The first kappa shape index (κ1) is 16.4. The van der Waals surface area contributed by atoms with Crippen LogP contribution in [0.25, 0.3) is 0 Å². The molecule has 3 nitrogen and oxygen atoms in total. The molecule has 102 valence electrons. The molecule has 0 aliphatic rings. The second-order valence-electron chi connectivity index (χ2n) is 4.93. The summed E-state index contributed by atoms with van der Waals surface area (Å²) in [5.74, 6) is -0.721. The zero-order valence-corrected chi connectivity index (χ0v) is 11.5. The highest BCUT2D eigenvalue weighted by Crippen LogP contribution is 2.07. The standard InChI is InChI=1S/C14H29NO2/c1-3-4-5-6-7-8-9-10-11-15-13(2)12-14(16)17/h13,15H,3-12H2,1-2H3,(H,16,17). The van der Waals surface area contributed by atoms with E-state index in [0.29, 0.717) is 0 Å². The number of carboxylic acids is 1. The number of aliphatic carboxylic acids is 1. The first-order valence-corrected chi connectivity index (χ1v) is 7.12. The Kier molecular flexibility index (Phi) is 11.5. The molecule has 0 rings (SSSR count). The monoisotopic (exact) mass is 243 g/mol. The molecule has 0 aromatic rings. The minimum absolute atomic E-state index is 0.0945. The van der Waals surface area contributed by atoms with Crippen LogP contribution in [0.4, 0.5) is 0 Å². The van der Waals surface area contributed by atoms with Gasteiger partial charge in [0.05, 0.1) is 6.42 Å². The Balaban J connectivity index is 3.10. The lowest BCUT2D eigenvalue weighted by atomic mass is 10.1. The molecule has 0 amide bonds. The largest absolute Gasteiger partial charge is 0.481 e. The molecule has 2 N–H and O–H groups in total. The Labute approximate surface area is 106 Å². The first-order chi connectivity index (χ1) is 8.16. The summed E-state index contributed by atoms with van der Waals surface area (Å²) in [6.07, 6.45) is 10.7. The molecule has 0 spiro atoms. The van der Waals surface area contributed by atoms with E-state index in [1.54, 1.807) is 0 Å². The summed E-state index contributed by atoms with van der Waals surface area (Å²) < 4.78 is 0. The summed E-state index contributed by atoms with van der Waals surface area (Å²) in [6, 6.07) is 0.0945. The fourth-order valence-corrected chi connectivity index (χ4v) is 1.94. The lowest BCUT2D eigenvalue weighted by molar-refractivity contribution is -0.137. The molecule has 0 saturated carbocycles. The van der Waals surface area contributed by atoms with Crippen molar-refractivity contribution in [2.45, 2.75) is 77.7 Å². The molecule has 0 radical (unpaired) electrons. The van der Waals surface area contributed by atoms with Crippen molar-refractivity contribution in [2.24, 2.45) is 0 Å². The van der Waals surface area contributed by atoms with Gasteiger partial charge < -0.3 is 10.4 Å². The molecule has 0 aliphatic heterocycles. The van der Waals surface area contributed by atoms with Crippen LogP contribution in [0.2, 0.25) is 0 Å². The molecule has 17 heavy (non-hydrogen) atoms. The zero-order valence-electron chi connectivity index (χ0n) is 11.5. The van der Waals surface area contributed by atoms with Crippen LogP contribution >= 0.6 is 0 Å². The van der Waals surface area contributed by atoms with Crippen LogP contribution in [0.5, 0.6) is 0 Å². The average Bonchev–Trinajstić information content (AvgIpc) is 2.26. The van der Waals surface area contributed by atoms with Gasteiger partial charge in [0.1, 0.15) is 0 Å². The molecular weight excluding hydrogens is 214 g/mol. The number of carboxylic acid groups (broad SMARTS) is 1. The van der Waals surface area contributed by atoms with Gasteiger partial charge in [0, 0.05) is 6.04 Å². The minimum atomic E-state index is -0.721. The van der Waals surface area contributed by atoms with E-state index in [9.17, 15) is 4.79 Å². The number of hydrogen-bond donors (Lipinski definition) is 2. The highest BCUT2D eigenvalue weighted by Gasteiger charge is 2.05. The maximum Gasteiger partial charge on any atom is 0.304 e. The second kappa shape index (κ2) is 11.9. The topological polar surface area (TPSA) is 49.3 Å². The molecule has 1 atom stereocenters. The third-order valence-corrected chi connectivity index (χ3v) is 3.00. The fourth-order valence-electron chi connectivity index (χ4n) is 1.94. The van der Waals surface area contributed by atoms with Gasteiger partial charge in [-0.1, -0.05) is 51.9 Å². The van der Waals surface area contributed by atoms with Gasteiger partial charge in [-0.15, -0.1) is 0 Å². The van der Waals surface area contributed by atoms with Crippen molar-refractivity contribution in [1.82, 2.24) is 5.32 Å². The van der Waals surface area contributed by atoms with Crippen LogP contribution < -0.4 is 5.32 Å². The Bertz CT molecular complexity index is 183. The average molecular weight is 243 g/mol. The number of unbranched alkanes of at least 4 members (excludes halogenated alkanes) is 7. The predicted octanol–water partition coefficient (Wildman–Crippen LogP) is 3.58. The number of carbonyl (C=O) groups is 1. The number of nitrogens with one attached hydrogen (secondary N) is 1. The van der Waals surface area contributed by atoms with Crippen LogP contribution in [0, 0.1) is 0 Å². The van der Waals surface area contributed by atoms with Crippen molar-refractivity contribution in [3.63, 3.8) is 0 Å². The van der Waals surface area contributed by atoms with Gasteiger partial charge >= 0.3 is 5.97 Å². The van der Waals surface area contributed by atoms with Crippen molar-refractivity contribution >= 4 is 5.97 Å². The molecule has 0 fully saturated rings. The van der Waals surface area contributed by atoms with E-state index >= 15 is 0 Å². The Morgan fingerprint density at radius 2 is 1.59 bits per heavy atom. The van der Waals surface area contributed by atoms with Gasteiger partial charge in [0.15, 0.2) is 0 Å². The van der Waals surface area contributed by atoms with E-state index in [1.807, 2.05) is 6.92 Å². The zero-order chi connectivity index (χ0) is 12.9. The van der Waals surface area contributed by atoms with Crippen molar-refractivity contribution in [1.29, 1.82) is 0 Å². The summed E-state index contributed by atoms with van der Waals surface area (Å²) in [5, 5.41) is 11.8. The van der Waals surface area contributed by atoms with Crippen molar-refractivity contribution in [2.75, 3.05) is 6.54 Å². The van der Waals surface area contributed by atoms with Crippen molar-refractivity contribution in [3.8, 4) is 0 Å². The summed E-state index contributed by atoms with van der Waals surface area (Å²) in [5.41, 5.74) is 0. The predicted molar refractivity (Wildman–Crippen MR) is 72.3 cm³/mol. The normalized spacial score (nSPS) is 12.6. The third-order valence-electron chi connectivity index (χ3n) is 3.00. The van der Waals surface area contributed by atoms with E-state index in [4.69, 9.17) is 5.11 Å². The van der Waals surface area contributed by atoms with Crippen molar-refractivity contribution in [3.05, 3.63) is 0 Å². The SMILES string of the molecule is CCCCCCCCCCNC(C)CC(=O)O.